The van der Waals surface area contributed by atoms with Crippen LogP contribution in [0.1, 0.15) is 20.3 Å². The van der Waals surface area contributed by atoms with E-state index in [0.717, 1.165) is 0 Å². The van der Waals surface area contributed by atoms with E-state index in [2.05, 4.69) is 0 Å². The van der Waals surface area contributed by atoms with Crippen LogP contribution in [0.25, 0.3) is 0 Å². The van der Waals surface area contributed by atoms with Crippen molar-refractivity contribution in [3.05, 3.63) is 0 Å². The van der Waals surface area contributed by atoms with Crippen molar-refractivity contribution in [3.63, 3.8) is 0 Å². The summed E-state index contributed by atoms with van der Waals surface area (Å²) in [4.78, 5) is 0. The fourth-order valence-electron chi connectivity index (χ4n) is 1.03. The van der Waals surface area contributed by atoms with Gasteiger partial charge in [-0.1, -0.05) is 13.8 Å². The van der Waals surface area contributed by atoms with Crippen LogP contribution in [0.4, 0.5) is 0 Å². The first-order chi connectivity index (χ1) is 5.86. The maximum atomic E-state index is 9.28. The van der Waals surface area contributed by atoms with Gasteiger partial charge in [0.2, 0.25) is 0 Å². The topological polar surface area (TPSA) is 101 Å². The van der Waals surface area contributed by atoms with Crippen LogP contribution < -0.4 is 0 Å². The first kappa shape index (κ1) is 12.8. The fraction of sp³-hybridized carbons (Fsp3) is 1.00. The molecule has 0 saturated heterocycles. The van der Waals surface area contributed by atoms with Crippen LogP contribution >= 0.6 is 0 Å². The molecule has 80 valence electrons. The summed E-state index contributed by atoms with van der Waals surface area (Å²) in [5.74, 6) is 0.160. The second kappa shape index (κ2) is 5.51. The Morgan fingerprint density at radius 1 is 0.846 bits per heavy atom. The lowest BCUT2D eigenvalue weighted by molar-refractivity contribution is -0.178. The average Bonchev–Trinajstić information content (AvgIpc) is 2.00. The predicted molar refractivity (Wildman–Crippen MR) is 45.7 cm³/mol. The molecule has 0 heterocycles. The van der Waals surface area contributed by atoms with E-state index in [-0.39, 0.29) is 5.92 Å². The third-order valence-electron chi connectivity index (χ3n) is 1.76. The Morgan fingerprint density at radius 2 is 1.31 bits per heavy atom. The molecule has 0 saturated carbocycles. The Hall–Kier alpha value is -0.200. The van der Waals surface area contributed by atoms with E-state index < -0.39 is 24.6 Å². The molecule has 0 rings (SSSR count). The highest BCUT2D eigenvalue weighted by Crippen LogP contribution is 2.11. The quantitative estimate of drug-likeness (QED) is 0.340. The summed E-state index contributed by atoms with van der Waals surface area (Å²) in [5.41, 5.74) is 0. The molecule has 0 aromatic carbocycles. The van der Waals surface area contributed by atoms with Crippen LogP contribution in [0, 0.1) is 5.92 Å². The van der Waals surface area contributed by atoms with Gasteiger partial charge in [-0.15, -0.1) is 0 Å². The summed E-state index contributed by atoms with van der Waals surface area (Å²) >= 11 is 0. The highest BCUT2D eigenvalue weighted by molar-refractivity contribution is 4.77. The Balaban J connectivity index is 4.01. The standard InChI is InChI=1S/C8H18O5/c1-4(2)3-5(9)6(10)7(11)8(12)13/h4-13H,3H2,1-2H3/t5-,6-,7+/m0/s1. The largest absolute Gasteiger partial charge is 0.390 e. The van der Waals surface area contributed by atoms with E-state index in [9.17, 15) is 10.2 Å². The summed E-state index contributed by atoms with van der Waals surface area (Å²) in [7, 11) is 0. The molecule has 0 aromatic heterocycles. The van der Waals surface area contributed by atoms with E-state index in [4.69, 9.17) is 15.3 Å². The van der Waals surface area contributed by atoms with Crippen molar-refractivity contribution in [1.82, 2.24) is 0 Å². The van der Waals surface area contributed by atoms with Gasteiger partial charge >= 0.3 is 0 Å². The molecule has 0 aliphatic carbocycles. The van der Waals surface area contributed by atoms with Crippen molar-refractivity contribution in [1.29, 1.82) is 0 Å². The van der Waals surface area contributed by atoms with Crippen LogP contribution in [0.3, 0.4) is 0 Å². The minimum atomic E-state index is -2.03. The van der Waals surface area contributed by atoms with Gasteiger partial charge < -0.3 is 25.5 Å². The van der Waals surface area contributed by atoms with Gasteiger partial charge in [0.05, 0.1) is 6.10 Å². The molecule has 0 aromatic rings. The zero-order chi connectivity index (χ0) is 10.6. The SMILES string of the molecule is CC(C)C[C@H](O)[C@H](O)[C@@H](O)C(O)O. The van der Waals surface area contributed by atoms with Gasteiger partial charge in [0.1, 0.15) is 12.2 Å². The molecule has 0 amide bonds. The van der Waals surface area contributed by atoms with Crippen LogP contribution in [-0.2, 0) is 0 Å². The first-order valence-corrected chi connectivity index (χ1v) is 4.26. The van der Waals surface area contributed by atoms with Crippen LogP contribution in [0.5, 0.6) is 0 Å². The molecule has 5 nitrogen and oxygen atoms in total. The molecular formula is C8H18O5. The molecule has 0 unspecified atom stereocenters. The molecule has 5 N–H and O–H groups in total. The smallest absolute Gasteiger partial charge is 0.180 e. The van der Waals surface area contributed by atoms with E-state index in [1.165, 1.54) is 0 Å². The monoisotopic (exact) mass is 194 g/mol. The van der Waals surface area contributed by atoms with E-state index in [1.807, 2.05) is 13.8 Å². The maximum Gasteiger partial charge on any atom is 0.180 e. The van der Waals surface area contributed by atoms with Crippen LogP contribution in [0.15, 0.2) is 0 Å². The van der Waals surface area contributed by atoms with Crippen LogP contribution in [-0.4, -0.2) is 50.1 Å². The average molecular weight is 194 g/mol. The molecule has 5 heteroatoms. The molecular weight excluding hydrogens is 176 g/mol. The molecule has 0 bridgehead atoms. The second-order valence-corrected chi connectivity index (χ2v) is 3.59. The van der Waals surface area contributed by atoms with E-state index in [0.29, 0.717) is 6.42 Å². The minimum Gasteiger partial charge on any atom is -0.390 e. The Kier molecular flexibility index (Phi) is 5.43. The van der Waals surface area contributed by atoms with Crippen molar-refractivity contribution in [3.8, 4) is 0 Å². The van der Waals surface area contributed by atoms with Crippen molar-refractivity contribution in [2.75, 3.05) is 0 Å². The molecule has 13 heavy (non-hydrogen) atoms. The third kappa shape index (κ3) is 4.54. The number of aliphatic hydroxyl groups excluding tert-OH is 4. The molecule has 0 aliphatic rings. The Labute approximate surface area is 77.3 Å². The molecule has 3 atom stereocenters. The summed E-state index contributed by atoms with van der Waals surface area (Å²) in [6.45, 7) is 3.69. The van der Waals surface area contributed by atoms with Gasteiger partial charge in [-0.05, 0) is 12.3 Å². The summed E-state index contributed by atoms with van der Waals surface area (Å²) in [5, 5.41) is 44.4. The number of hydrogen-bond acceptors (Lipinski definition) is 5. The molecule has 0 radical (unpaired) electrons. The molecule has 0 spiro atoms. The maximum absolute atomic E-state index is 9.28. The lowest BCUT2D eigenvalue weighted by atomic mass is 9.98. The van der Waals surface area contributed by atoms with Crippen LogP contribution in [0.2, 0.25) is 0 Å². The Bertz CT molecular complexity index is 136. The molecule has 0 aliphatic heterocycles. The van der Waals surface area contributed by atoms with Gasteiger partial charge in [0.15, 0.2) is 6.29 Å². The summed E-state index contributed by atoms with van der Waals surface area (Å²) in [6.07, 6.45) is -6.13. The normalized spacial score (nSPS) is 19.2. The van der Waals surface area contributed by atoms with E-state index in [1.54, 1.807) is 0 Å². The zero-order valence-corrected chi connectivity index (χ0v) is 7.83. The Morgan fingerprint density at radius 3 is 1.62 bits per heavy atom. The second-order valence-electron chi connectivity index (χ2n) is 3.59. The lowest BCUT2D eigenvalue weighted by Crippen LogP contribution is -2.44. The van der Waals surface area contributed by atoms with Gasteiger partial charge in [0, 0.05) is 0 Å². The summed E-state index contributed by atoms with van der Waals surface area (Å²) in [6, 6.07) is 0. The van der Waals surface area contributed by atoms with Crippen molar-refractivity contribution >= 4 is 0 Å². The predicted octanol–water partition coefficient (Wildman–Crippen LogP) is -1.57. The first-order valence-electron chi connectivity index (χ1n) is 4.26. The highest BCUT2D eigenvalue weighted by atomic mass is 16.5. The lowest BCUT2D eigenvalue weighted by Gasteiger charge is -2.24. The number of rotatable bonds is 5. The van der Waals surface area contributed by atoms with Crippen molar-refractivity contribution in [2.24, 2.45) is 5.92 Å². The summed E-state index contributed by atoms with van der Waals surface area (Å²) < 4.78 is 0. The zero-order valence-electron chi connectivity index (χ0n) is 7.83. The minimum absolute atomic E-state index is 0.160. The number of hydrogen-bond donors (Lipinski definition) is 5. The van der Waals surface area contributed by atoms with Gasteiger partial charge in [-0.25, -0.2) is 0 Å². The van der Waals surface area contributed by atoms with Crippen molar-refractivity contribution in [2.45, 2.75) is 44.9 Å². The van der Waals surface area contributed by atoms with Crippen molar-refractivity contribution < 1.29 is 25.5 Å². The number of aliphatic hydroxyl groups is 5. The van der Waals surface area contributed by atoms with Gasteiger partial charge in [-0.3, -0.25) is 0 Å². The third-order valence-corrected chi connectivity index (χ3v) is 1.76. The van der Waals surface area contributed by atoms with Gasteiger partial charge in [0.25, 0.3) is 0 Å². The van der Waals surface area contributed by atoms with Gasteiger partial charge in [-0.2, -0.15) is 0 Å². The fourth-order valence-corrected chi connectivity index (χ4v) is 1.03. The highest BCUT2D eigenvalue weighted by Gasteiger charge is 2.29. The van der Waals surface area contributed by atoms with E-state index >= 15 is 0 Å². The molecule has 0 fully saturated rings.